The van der Waals surface area contributed by atoms with Gasteiger partial charge >= 0.3 is 0 Å². The summed E-state index contributed by atoms with van der Waals surface area (Å²) in [6.07, 6.45) is 19.0. The molecular formula is C22H31NO3. The Hall–Kier alpha value is -1.78. The summed E-state index contributed by atoms with van der Waals surface area (Å²) in [5.41, 5.74) is 1.64. The smallest absolute Gasteiger partial charge is 0.156 e. The fourth-order valence-corrected chi connectivity index (χ4v) is 4.04. The van der Waals surface area contributed by atoms with Gasteiger partial charge in [0, 0.05) is 12.0 Å². The minimum atomic E-state index is 0.159. The topological polar surface area (TPSA) is 30.9 Å². The number of ether oxygens (including phenoxy) is 3. The highest BCUT2D eigenvalue weighted by Crippen LogP contribution is 2.35. The van der Waals surface area contributed by atoms with Gasteiger partial charge in [-0.3, -0.25) is 4.90 Å². The average Bonchev–Trinajstić information content (AvgIpc) is 2.68. The van der Waals surface area contributed by atoms with Crippen LogP contribution in [0.25, 0.3) is 0 Å². The van der Waals surface area contributed by atoms with Crippen molar-refractivity contribution in [2.24, 2.45) is 5.41 Å². The Labute approximate surface area is 157 Å². The van der Waals surface area contributed by atoms with Gasteiger partial charge in [-0.15, -0.1) is 6.58 Å². The molecule has 0 amide bonds. The summed E-state index contributed by atoms with van der Waals surface area (Å²) in [5, 5.41) is 0. The molecule has 3 aliphatic rings. The van der Waals surface area contributed by atoms with E-state index in [2.05, 4.69) is 36.6 Å². The van der Waals surface area contributed by atoms with Crippen molar-refractivity contribution in [2.45, 2.75) is 45.1 Å². The average molecular weight is 357 g/mol. The van der Waals surface area contributed by atoms with Crippen LogP contribution in [0.3, 0.4) is 0 Å². The normalized spacial score (nSPS) is 27.1. The van der Waals surface area contributed by atoms with E-state index in [9.17, 15) is 0 Å². The second-order valence-corrected chi connectivity index (χ2v) is 7.75. The first kappa shape index (κ1) is 19.0. The molecule has 0 aromatic carbocycles. The van der Waals surface area contributed by atoms with Crippen LogP contribution >= 0.6 is 0 Å². The molecule has 1 fully saturated rings. The predicted octanol–water partition coefficient (Wildman–Crippen LogP) is 4.69. The number of rotatable bonds is 8. The van der Waals surface area contributed by atoms with Crippen molar-refractivity contribution in [2.75, 3.05) is 26.3 Å². The highest BCUT2D eigenvalue weighted by molar-refractivity contribution is 5.21. The lowest BCUT2D eigenvalue weighted by Crippen LogP contribution is -2.49. The molecule has 4 heteroatoms. The molecule has 0 saturated carbocycles. The molecule has 1 aliphatic carbocycles. The third-order valence-corrected chi connectivity index (χ3v) is 5.34. The molecule has 1 saturated heterocycles. The molecule has 2 aliphatic heterocycles. The zero-order valence-electron chi connectivity index (χ0n) is 15.9. The largest absolute Gasteiger partial charge is 0.466 e. The summed E-state index contributed by atoms with van der Waals surface area (Å²) in [6.45, 7) is 9.54. The van der Waals surface area contributed by atoms with Crippen LogP contribution in [-0.4, -0.2) is 37.2 Å². The predicted molar refractivity (Wildman–Crippen MR) is 104 cm³/mol. The van der Waals surface area contributed by atoms with E-state index >= 15 is 0 Å². The van der Waals surface area contributed by atoms with E-state index in [1.807, 2.05) is 6.08 Å². The second-order valence-electron chi connectivity index (χ2n) is 7.75. The lowest BCUT2D eigenvalue weighted by Gasteiger charge is -2.44. The molecule has 2 atom stereocenters. The third-order valence-electron chi connectivity index (χ3n) is 5.34. The highest BCUT2D eigenvalue weighted by Gasteiger charge is 2.36. The first-order valence-electron chi connectivity index (χ1n) is 9.65. The van der Waals surface area contributed by atoms with Crippen LogP contribution in [0.1, 0.15) is 39.0 Å². The Morgan fingerprint density at radius 1 is 1.42 bits per heavy atom. The van der Waals surface area contributed by atoms with E-state index < -0.39 is 0 Å². The van der Waals surface area contributed by atoms with Crippen LogP contribution in [0.5, 0.6) is 0 Å². The van der Waals surface area contributed by atoms with Gasteiger partial charge in [0.15, 0.2) is 5.76 Å². The van der Waals surface area contributed by atoms with Crippen molar-refractivity contribution in [3.05, 3.63) is 61.0 Å². The summed E-state index contributed by atoms with van der Waals surface area (Å²) in [6, 6.07) is 0.205. The van der Waals surface area contributed by atoms with E-state index in [1.54, 1.807) is 18.8 Å². The van der Waals surface area contributed by atoms with Gasteiger partial charge in [0.05, 0.1) is 19.3 Å². The molecular weight excluding hydrogens is 326 g/mol. The second kappa shape index (κ2) is 9.24. The molecule has 3 rings (SSSR count). The van der Waals surface area contributed by atoms with Crippen molar-refractivity contribution < 1.29 is 14.2 Å². The minimum Gasteiger partial charge on any atom is -0.466 e. The Morgan fingerprint density at radius 3 is 3.08 bits per heavy atom. The van der Waals surface area contributed by atoms with Crippen molar-refractivity contribution in [1.29, 1.82) is 0 Å². The van der Waals surface area contributed by atoms with Gasteiger partial charge in [0.1, 0.15) is 18.8 Å². The summed E-state index contributed by atoms with van der Waals surface area (Å²) in [7, 11) is 0. The monoisotopic (exact) mass is 357 g/mol. The zero-order chi connectivity index (χ0) is 18.2. The van der Waals surface area contributed by atoms with Gasteiger partial charge in [-0.1, -0.05) is 36.8 Å². The molecule has 142 valence electrons. The highest BCUT2D eigenvalue weighted by atomic mass is 16.5. The van der Waals surface area contributed by atoms with Gasteiger partial charge in [-0.05, 0) is 38.6 Å². The van der Waals surface area contributed by atoms with Gasteiger partial charge < -0.3 is 14.2 Å². The molecule has 0 aromatic rings. The quantitative estimate of drug-likeness (QED) is 0.466. The fourth-order valence-electron chi connectivity index (χ4n) is 4.04. The van der Waals surface area contributed by atoms with Gasteiger partial charge in [-0.25, -0.2) is 0 Å². The molecule has 26 heavy (non-hydrogen) atoms. The lowest BCUT2D eigenvalue weighted by molar-refractivity contribution is -0.00400. The Morgan fingerprint density at radius 2 is 2.35 bits per heavy atom. The van der Waals surface area contributed by atoms with E-state index in [0.29, 0.717) is 6.61 Å². The van der Waals surface area contributed by atoms with Crippen LogP contribution in [0.4, 0.5) is 0 Å². The Bertz CT molecular complexity index is 605. The summed E-state index contributed by atoms with van der Waals surface area (Å²) < 4.78 is 17.0. The van der Waals surface area contributed by atoms with E-state index in [4.69, 9.17) is 14.2 Å². The number of nitrogens with zero attached hydrogens (tertiary/aromatic N) is 1. The van der Waals surface area contributed by atoms with Gasteiger partial charge in [-0.2, -0.15) is 0 Å². The molecule has 0 bridgehead atoms. The van der Waals surface area contributed by atoms with Crippen molar-refractivity contribution in [3.63, 3.8) is 0 Å². The van der Waals surface area contributed by atoms with Gasteiger partial charge in [0.2, 0.25) is 0 Å². The minimum absolute atomic E-state index is 0.159. The van der Waals surface area contributed by atoms with E-state index in [0.717, 1.165) is 44.7 Å². The fraction of sp³-hybridized carbons (Fsp3) is 0.545. The van der Waals surface area contributed by atoms with Crippen molar-refractivity contribution in [3.8, 4) is 0 Å². The first-order chi connectivity index (χ1) is 12.7. The Kier molecular flexibility index (Phi) is 6.75. The molecule has 0 aromatic heterocycles. The van der Waals surface area contributed by atoms with E-state index in [-0.39, 0.29) is 11.5 Å². The first-order valence-corrected chi connectivity index (χ1v) is 9.65. The van der Waals surface area contributed by atoms with Crippen molar-refractivity contribution >= 4 is 0 Å². The Balaban J connectivity index is 1.72. The molecule has 2 unspecified atom stereocenters. The molecule has 0 N–H and O–H groups in total. The lowest BCUT2D eigenvalue weighted by atomic mass is 9.81. The molecule has 2 heterocycles. The van der Waals surface area contributed by atoms with Crippen LogP contribution in [0.2, 0.25) is 0 Å². The molecule has 0 spiro atoms. The third kappa shape index (κ3) is 5.12. The van der Waals surface area contributed by atoms with Crippen LogP contribution in [-0.2, 0) is 14.2 Å². The maximum absolute atomic E-state index is 5.83. The summed E-state index contributed by atoms with van der Waals surface area (Å²) >= 11 is 0. The van der Waals surface area contributed by atoms with Crippen LogP contribution in [0, 0.1) is 5.41 Å². The summed E-state index contributed by atoms with van der Waals surface area (Å²) in [4.78, 5) is 2.55. The standard InChI is InChI=1S/C22H31NO3/c1-3-12-25-18-22(2)10-7-11-23(17-22)20(21-16-24-13-14-26-21)15-19-8-5-4-6-9-19/h3-5,8,13-14,16,20H,1,6-7,9-12,15,17-18H2,2H3. The zero-order valence-corrected chi connectivity index (χ0v) is 15.9. The number of piperidine rings is 1. The number of hydrogen-bond donors (Lipinski definition) is 0. The summed E-state index contributed by atoms with van der Waals surface area (Å²) in [5.74, 6) is 0.902. The number of likely N-dealkylation sites (tertiary alicyclic amines) is 1. The van der Waals surface area contributed by atoms with E-state index in [1.165, 1.54) is 18.4 Å². The van der Waals surface area contributed by atoms with Gasteiger partial charge in [0.25, 0.3) is 0 Å². The van der Waals surface area contributed by atoms with Crippen molar-refractivity contribution in [1.82, 2.24) is 4.90 Å². The number of hydrogen-bond acceptors (Lipinski definition) is 4. The maximum Gasteiger partial charge on any atom is 0.156 e. The van der Waals surface area contributed by atoms with Crippen LogP contribution < -0.4 is 0 Å². The van der Waals surface area contributed by atoms with Crippen LogP contribution in [0.15, 0.2) is 61.0 Å². The number of allylic oxidation sites excluding steroid dienone is 3. The molecule has 4 nitrogen and oxygen atoms in total. The molecule has 0 radical (unpaired) electrons. The SMILES string of the molecule is C=CCOCC1(C)CCCN(C(CC2=CC=CCC2)C2=COC=CO2)C1. The maximum atomic E-state index is 5.83.